The van der Waals surface area contributed by atoms with Gasteiger partial charge in [0.05, 0.1) is 23.0 Å². The van der Waals surface area contributed by atoms with Crippen LogP contribution in [0.15, 0.2) is 33.2 Å². The van der Waals surface area contributed by atoms with Crippen molar-refractivity contribution in [3.8, 4) is 11.5 Å². The van der Waals surface area contributed by atoms with Crippen molar-refractivity contribution in [1.29, 1.82) is 0 Å². The molecule has 1 fully saturated rings. The molecule has 124 valence electrons. The summed E-state index contributed by atoms with van der Waals surface area (Å²) in [7, 11) is 0. The molecule has 1 saturated heterocycles. The maximum Gasteiger partial charge on any atom is 0.249 e. The van der Waals surface area contributed by atoms with Gasteiger partial charge < -0.3 is 8.94 Å². The molecular formula is C16H16ClN5O2. The summed E-state index contributed by atoms with van der Waals surface area (Å²) in [4.78, 5) is 6.56. The number of halogens is 1. The van der Waals surface area contributed by atoms with Crippen LogP contribution in [0.25, 0.3) is 11.5 Å². The van der Waals surface area contributed by atoms with Gasteiger partial charge in [-0.1, -0.05) is 28.9 Å². The minimum absolute atomic E-state index is 0.261. The van der Waals surface area contributed by atoms with Crippen LogP contribution in [0, 0.1) is 6.92 Å². The minimum atomic E-state index is 0.261. The van der Waals surface area contributed by atoms with Crippen molar-refractivity contribution >= 4 is 11.6 Å². The third-order valence-corrected chi connectivity index (χ3v) is 4.42. The van der Waals surface area contributed by atoms with E-state index >= 15 is 0 Å². The summed E-state index contributed by atoms with van der Waals surface area (Å²) in [5, 5.41) is 12.7. The lowest BCUT2D eigenvalue weighted by molar-refractivity contribution is 0.280. The zero-order valence-electron chi connectivity index (χ0n) is 13.1. The van der Waals surface area contributed by atoms with Gasteiger partial charge >= 0.3 is 0 Å². The average molecular weight is 346 g/mol. The highest BCUT2D eigenvalue weighted by Gasteiger charge is 2.29. The summed E-state index contributed by atoms with van der Waals surface area (Å²) >= 11 is 6.17. The van der Waals surface area contributed by atoms with Crippen LogP contribution in [-0.4, -0.2) is 38.3 Å². The molecule has 1 aromatic carbocycles. The lowest BCUT2D eigenvalue weighted by Gasteiger charge is -2.11. The standard InChI is InChI=1S/C16H16ClN5O2/c1-10-18-15(24-21-10)11-6-7-22(8-11)9-14-19-20-16(23-14)12-4-2-3-5-13(12)17/h2-5,11H,6-9H2,1H3. The molecular weight excluding hydrogens is 330 g/mol. The summed E-state index contributed by atoms with van der Waals surface area (Å²) < 4.78 is 11.0. The van der Waals surface area contributed by atoms with Crippen molar-refractivity contribution in [3.05, 3.63) is 46.9 Å². The largest absolute Gasteiger partial charge is 0.419 e. The maximum absolute atomic E-state index is 6.17. The second-order valence-corrected chi connectivity index (χ2v) is 6.29. The molecule has 0 radical (unpaired) electrons. The smallest absolute Gasteiger partial charge is 0.249 e. The summed E-state index contributed by atoms with van der Waals surface area (Å²) in [6.07, 6.45) is 0.979. The zero-order chi connectivity index (χ0) is 16.5. The Kier molecular flexibility index (Phi) is 4.03. The zero-order valence-corrected chi connectivity index (χ0v) is 13.9. The lowest BCUT2D eigenvalue weighted by atomic mass is 10.1. The van der Waals surface area contributed by atoms with Crippen LogP contribution < -0.4 is 0 Å². The van der Waals surface area contributed by atoms with Gasteiger partial charge in [0, 0.05) is 6.54 Å². The van der Waals surface area contributed by atoms with Crippen molar-refractivity contribution in [3.63, 3.8) is 0 Å². The fourth-order valence-corrected chi connectivity index (χ4v) is 3.13. The second kappa shape index (κ2) is 6.33. The van der Waals surface area contributed by atoms with E-state index in [4.69, 9.17) is 20.5 Å². The molecule has 7 nitrogen and oxygen atoms in total. The van der Waals surface area contributed by atoms with Gasteiger partial charge in [-0.15, -0.1) is 10.2 Å². The number of hydrogen-bond donors (Lipinski definition) is 0. The monoisotopic (exact) mass is 345 g/mol. The van der Waals surface area contributed by atoms with Gasteiger partial charge in [0.15, 0.2) is 5.82 Å². The van der Waals surface area contributed by atoms with Gasteiger partial charge in [-0.2, -0.15) is 4.98 Å². The van der Waals surface area contributed by atoms with Crippen molar-refractivity contribution in [2.24, 2.45) is 0 Å². The Morgan fingerprint density at radius 1 is 1.29 bits per heavy atom. The Morgan fingerprint density at radius 2 is 2.17 bits per heavy atom. The molecule has 4 rings (SSSR count). The molecule has 3 heterocycles. The molecule has 8 heteroatoms. The SMILES string of the molecule is Cc1noc(C2CCN(Cc3nnc(-c4ccccc4Cl)o3)C2)n1. The Balaban J connectivity index is 1.43. The number of benzene rings is 1. The number of aryl methyl sites for hydroxylation is 1. The predicted octanol–water partition coefficient (Wildman–Crippen LogP) is 3.07. The molecule has 0 spiro atoms. The molecule has 1 aliphatic heterocycles. The van der Waals surface area contributed by atoms with Gasteiger partial charge in [0.2, 0.25) is 17.7 Å². The van der Waals surface area contributed by atoms with Crippen molar-refractivity contribution < 1.29 is 8.94 Å². The van der Waals surface area contributed by atoms with Crippen molar-refractivity contribution in [2.45, 2.75) is 25.8 Å². The molecule has 0 saturated carbocycles. The van der Waals surface area contributed by atoms with E-state index < -0.39 is 0 Å². The lowest BCUT2D eigenvalue weighted by Crippen LogP contribution is -2.20. The minimum Gasteiger partial charge on any atom is -0.419 e. The summed E-state index contributed by atoms with van der Waals surface area (Å²) in [5.41, 5.74) is 0.749. The molecule has 0 bridgehead atoms. The van der Waals surface area contributed by atoms with E-state index in [0.29, 0.717) is 35.1 Å². The van der Waals surface area contributed by atoms with Crippen LogP contribution in [-0.2, 0) is 6.54 Å². The molecule has 1 atom stereocenters. The molecule has 1 aliphatic rings. The first-order valence-corrected chi connectivity index (χ1v) is 8.16. The quantitative estimate of drug-likeness (QED) is 0.718. The van der Waals surface area contributed by atoms with E-state index in [9.17, 15) is 0 Å². The maximum atomic E-state index is 6.17. The van der Waals surface area contributed by atoms with E-state index in [0.717, 1.165) is 25.1 Å². The van der Waals surface area contributed by atoms with Crippen LogP contribution in [0.5, 0.6) is 0 Å². The fraction of sp³-hybridized carbons (Fsp3) is 0.375. The first-order chi connectivity index (χ1) is 11.7. The normalized spacial score (nSPS) is 18.3. The third kappa shape index (κ3) is 3.05. The highest BCUT2D eigenvalue weighted by Crippen LogP contribution is 2.29. The summed E-state index contributed by atoms with van der Waals surface area (Å²) in [6, 6.07) is 7.43. The van der Waals surface area contributed by atoms with Crippen LogP contribution in [0.1, 0.15) is 29.9 Å². The molecule has 24 heavy (non-hydrogen) atoms. The number of likely N-dealkylation sites (tertiary alicyclic amines) is 1. The fourth-order valence-electron chi connectivity index (χ4n) is 2.91. The Morgan fingerprint density at radius 3 is 2.96 bits per heavy atom. The van der Waals surface area contributed by atoms with Crippen LogP contribution in [0.3, 0.4) is 0 Å². The van der Waals surface area contributed by atoms with Gasteiger partial charge in [0.1, 0.15) is 0 Å². The van der Waals surface area contributed by atoms with Crippen LogP contribution in [0.2, 0.25) is 5.02 Å². The Bertz CT molecular complexity index is 846. The molecule has 1 unspecified atom stereocenters. The number of rotatable bonds is 4. The molecule has 2 aromatic heterocycles. The topological polar surface area (TPSA) is 81.1 Å². The van der Waals surface area contributed by atoms with E-state index in [1.54, 1.807) is 6.07 Å². The third-order valence-electron chi connectivity index (χ3n) is 4.09. The summed E-state index contributed by atoms with van der Waals surface area (Å²) in [5.74, 6) is 2.66. The molecule has 0 N–H and O–H groups in total. The number of aromatic nitrogens is 4. The van der Waals surface area contributed by atoms with E-state index in [1.165, 1.54) is 0 Å². The Labute approximate surface area is 143 Å². The van der Waals surface area contributed by atoms with Crippen molar-refractivity contribution in [1.82, 2.24) is 25.2 Å². The van der Waals surface area contributed by atoms with E-state index in [2.05, 4.69) is 25.2 Å². The number of hydrogen-bond acceptors (Lipinski definition) is 7. The molecule has 0 aliphatic carbocycles. The van der Waals surface area contributed by atoms with Gasteiger partial charge in [-0.05, 0) is 32.0 Å². The van der Waals surface area contributed by atoms with Crippen LogP contribution >= 0.6 is 11.6 Å². The first kappa shape index (κ1) is 15.3. The van der Waals surface area contributed by atoms with E-state index in [1.807, 2.05) is 25.1 Å². The highest BCUT2D eigenvalue weighted by molar-refractivity contribution is 6.33. The average Bonchev–Trinajstić information content (AvgIpc) is 3.29. The van der Waals surface area contributed by atoms with Gasteiger partial charge in [-0.25, -0.2) is 0 Å². The molecule has 0 amide bonds. The van der Waals surface area contributed by atoms with Gasteiger partial charge in [-0.3, -0.25) is 4.90 Å². The summed E-state index contributed by atoms with van der Waals surface area (Å²) in [6.45, 7) is 4.19. The predicted molar refractivity (Wildman–Crippen MR) is 86.4 cm³/mol. The highest BCUT2D eigenvalue weighted by atomic mass is 35.5. The molecule has 3 aromatic rings. The van der Waals surface area contributed by atoms with Crippen molar-refractivity contribution in [2.75, 3.05) is 13.1 Å². The first-order valence-electron chi connectivity index (χ1n) is 7.79. The van der Waals surface area contributed by atoms with Crippen LogP contribution in [0.4, 0.5) is 0 Å². The van der Waals surface area contributed by atoms with E-state index in [-0.39, 0.29) is 5.92 Å². The van der Waals surface area contributed by atoms with Gasteiger partial charge in [0.25, 0.3) is 0 Å². The Hall–Kier alpha value is -2.25. The number of nitrogens with zero attached hydrogens (tertiary/aromatic N) is 5. The second-order valence-electron chi connectivity index (χ2n) is 5.88.